The van der Waals surface area contributed by atoms with Gasteiger partial charge in [0.2, 0.25) is 0 Å². The molecule has 0 N–H and O–H groups in total. The molecule has 0 aliphatic carbocycles. The molecule has 0 radical (unpaired) electrons. The molecule has 0 heterocycles. The maximum absolute atomic E-state index is 2.56. The van der Waals surface area contributed by atoms with Gasteiger partial charge in [-0.2, -0.15) is 0 Å². The van der Waals surface area contributed by atoms with Crippen LogP contribution >= 0.6 is 7.26 Å². The van der Waals surface area contributed by atoms with E-state index in [1.54, 1.807) is 0 Å². The predicted octanol–water partition coefficient (Wildman–Crippen LogP) is 7.67. The molecule has 0 spiro atoms. The summed E-state index contributed by atoms with van der Waals surface area (Å²) in [6.07, 6.45) is 1.01. The van der Waals surface area contributed by atoms with E-state index >= 15 is 0 Å². The van der Waals surface area contributed by atoms with E-state index in [9.17, 15) is 0 Å². The summed E-state index contributed by atoms with van der Waals surface area (Å²) in [6, 6.07) is 69.1. The lowest BCUT2D eigenvalue weighted by Crippen LogP contribution is -3.00. The first-order chi connectivity index (χ1) is 22.3. The SMILES string of the molecule is CC[P+](c1ccccc1)(c1ccccc1)c1cc(-c2ccccc2)c(-c2ccccc2)c(-c2ccccc2)c1-c1ccccc1.[I-]. The van der Waals surface area contributed by atoms with Crippen LogP contribution in [0.2, 0.25) is 0 Å². The van der Waals surface area contributed by atoms with Gasteiger partial charge in [-0.15, -0.1) is 0 Å². The van der Waals surface area contributed by atoms with E-state index in [1.807, 2.05) is 0 Å². The van der Waals surface area contributed by atoms with Crippen molar-refractivity contribution in [3.05, 3.63) is 188 Å². The van der Waals surface area contributed by atoms with Gasteiger partial charge in [0, 0.05) is 11.1 Å². The topological polar surface area (TPSA) is 0 Å². The average Bonchev–Trinajstić information content (AvgIpc) is 3.14. The molecule has 224 valence electrons. The van der Waals surface area contributed by atoms with Crippen LogP contribution in [0.1, 0.15) is 6.92 Å². The predicted molar refractivity (Wildman–Crippen MR) is 197 cm³/mol. The first-order valence-electron chi connectivity index (χ1n) is 15.7. The lowest BCUT2D eigenvalue weighted by atomic mass is 9.83. The van der Waals surface area contributed by atoms with Crippen molar-refractivity contribution in [2.45, 2.75) is 6.92 Å². The molecule has 0 aliphatic heterocycles. The summed E-state index contributed by atoms with van der Waals surface area (Å²) >= 11 is 0. The summed E-state index contributed by atoms with van der Waals surface area (Å²) in [5, 5.41) is 4.23. The molecular weight excluding hydrogens is 686 g/mol. The van der Waals surface area contributed by atoms with Crippen LogP contribution in [0.15, 0.2) is 188 Å². The summed E-state index contributed by atoms with van der Waals surface area (Å²) in [5.74, 6) is 0. The molecule has 7 aromatic rings. The van der Waals surface area contributed by atoms with Gasteiger partial charge >= 0.3 is 0 Å². The fourth-order valence-corrected chi connectivity index (χ4v) is 11.1. The van der Waals surface area contributed by atoms with Crippen LogP contribution in [0.4, 0.5) is 0 Å². The summed E-state index contributed by atoms with van der Waals surface area (Å²) < 4.78 is 0. The molecule has 0 amide bonds. The molecule has 0 saturated heterocycles. The molecule has 7 rings (SSSR count). The van der Waals surface area contributed by atoms with E-state index in [0.717, 1.165) is 6.16 Å². The largest absolute Gasteiger partial charge is 1.00 e. The Bertz CT molecular complexity index is 1950. The lowest BCUT2D eigenvalue weighted by Gasteiger charge is -2.31. The number of rotatable bonds is 8. The molecule has 0 atom stereocenters. The van der Waals surface area contributed by atoms with Crippen LogP contribution in [-0.2, 0) is 0 Å². The highest BCUT2D eigenvalue weighted by atomic mass is 127. The highest BCUT2D eigenvalue weighted by molar-refractivity contribution is 7.95. The normalized spacial score (nSPS) is 11.1. The van der Waals surface area contributed by atoms with Crippen LogP contribution in [0, 0.1) is 0 Å². The third-order valence-electron chi connectivity index (χ3n) is 8.86. The second-order valence-corrected chi connectivity index (χ2v) is 15.1. The molecule has 0 aliphatic rings. The number of halogens is 1. The van der Waals surface area contributed by atoms with Crippen molar-refractivity contribution in [3.63, 3.8) is 0 Å². The van der Waals surface area contributed by atoms with E-state index in [0.29, 0.717) is 0 Å². The van der Waals surface area contributed by atoms with Crippen molar-refractivity contribution in [3.8, 4) is 44.5 Å². The fourth-order valence-electron chi connectivity index (χ4n) is 6.84. The van der Waals surface area contributed by atoms with Gasteiger partial charge in [0.15, 0.2) is 0 Å². The number of hydrogen-bond acceptors (Lipinski definition) is 0. The molecule has 46 heavy (non-hydrogen) atoms. The molecule has 0 nitrogen and oxygen atoms in total. The first kappa shape index (κ1) is 31.7. The molecule has 2 heteroatoms. The second kappa shape index (κ2) is 14.4. The van der Waals surface area contributed by atoms with E-state index < -0.39 is 7.26 Å². The molecule has 0 unspecified atom stereocenters. The second-order valence-electron chi connectivity index (χ2n) is 11.3. The van der Waals surface area contributed by atoms with E-state index in [-0.39, 0.29) is 24.0 Å². The van der Waals surface area contributed by atoms with Crippen molar-refractivity contribution < 1.29 is 24.0 Å². The zero-order valence-electron chi connectivity index (χ0n) is 25.9. The minimum absolute atomic E-state index is 0. The van der Waals surface area contributed by atoms with Crippen molar-refractivity contribution in [2.75, 3.05) is 6.16 Å². The van der Waals surface area contributed by atoms with Gasteiger partial charge in [-0.3, -0.25) is 0 Å². The van der Waals surface area contributed by atoms with Crippen LogP contribution in [-0.4, -0.2) is 6.16 Å². The first-order valence-corrected chi connectivity index (χ1v) is 17.7. The molecule has 7 aromatic carbocycles. The zero-order valence-corrected chi connectivity index (χ0v) is 29.0. The Hall–Kier alpha value is -4.30. The van der Waals surface area contributed by atoms with Crippen LogP contribution in [0.3, 0.4) is 0 Å². The third-order valence-corrected chi connectivity index (χ3v) is 13.3. The minimum atomic E-state index is -2.14. The quantitative estimate of drug-likeness (QED) is 0.112. The van der Waals surface area contributed by atoms with Gasteiger partial charge in [0.05, 0.1) is 6.16 Å². The number of benzene rings is 7. The maximum atomic E-state index is 2.56. The number of hydrogen-bond donors (Lipinski definition) is 0. The van der Waals surface area contributed by atoms with E-state index in [2.05, 4.69) is 195 Å². The van der Waals surface area contributed by atoms with Gasteiger partial charge in [0.25, 0.3) is 0 Å². The molecule has 0 bridgehead atoms. The Morgan fingerprint density at radius 1 is 0.370 bits per heavy atom. The Morgan fingerprint density at radius 3 is 1.09 bits per heavy atom. The van der Waals surface area contributed by atoms with Crippen molar-refractivity contribution in [1.82, 2.24) is 0 Å². The van der Waals surface area contributed by atoms with E-state index in [4.69, 9.17) is 0 Å². The highest BCUT2D eigenvalue weighted by Crippen LogP contribution is 2.59. The molecule has 0 aromatic heterocycles. The van der Waals surface area contributed by atoms with Crippen LogP contribution in [0.25, 0.3) is 44.5 Å². The standard InChI is InChI=1S/C44H36P.HI/c1-2-45(38-29-17-7-18-30-38,39-31-19-8-20-32-39)41-33-40(34-21-9-3-10-22-34)42(35-23-11-4-12-24-35)44(37-27-15-6-16-28-37)43(41)36-25-13-5-14-26-36;/h3-33H,2H2,1H3;1H/q+1;/p-1. The Labute approximate surface area is 291 Å². The van der Waals surface area contributed by atoms with Gasteiger partial charge < -0.3 is 24.0 Å². The molecule has 0 saturated carbocycles. The van der Waals surface area contributed by atoms with Crippen molar-refractivity contribution >= 4 is 23.2 Å². The van der Waals surface area contributed by atoms with Crippen LogP contribution < -0.4 is 39.9 Å². The lowest BCUT2D eigenvalue weighted by molar-refractivity contribution is -0.00000851. The summed E-state index contributed by atoms with van der Waals surface area (Å²) in [6.45, 7) is 2.39. The smallest absolute Gasteiger partial charge is 0.113 e. The summed E-state index contributed by atoms with van der Waals surface area (Å²) in [4.78, 5) is 0. The van der Waals surface area contributed by atoms with Crippen LogP contribution in [0.5, 0.6) is 0 Å². The Kier molecular flexibility index (Phi) is 9.93. The highest BCUT2D eigenvalue weighted by Gasteiger charge is 2.47. The van der Waals surface area contributed by atoms with E-state index in [1.165, 1.54) is 60.4 Å². The minimum Gasteiger partial charge on any atom is -1.00 e. The van der Waals surface area contributed by atoms with Gasteiger partial charge in [-0.05, 0) is 70.6 Å². The summed E-state index contributed by atoms with van der Waals surface area (Å²) in [7, 11) is -2.14. The Morgan fingerprint density at radius 2 is 0.696 bits per heavy atom. The molecule has 0 fully saturated rings. The monoisotopic (exact) mass is 722 g/mol. The maximum Gasteiger partial charge on any atom is 0.113 e. The van der Waals surface area contributed by atoms with Gasteiger partial charge in [-0.25, -0.2) is 0 Å². The fraction of sp³-hybridized carbons (Fsp3) is 0.0455. The van der Waals surface area contributed by atoms with Gasteiger partial charge in [-0.1, -0.05) is 158 Å². The van der Waals surface area contributed by atoms with Gasteiger partial charge in [0.1, 0.15) is 23.2 Å². The third kappa shape index (κ3) is 5.86. The molecular formula is C44H36IP. The van der Waals surface area contributed by atoms with Crippen molar-refractivity contribution in [2.24, 2.45) is 0 Å². The van der Waals surface area contributed by atoms with Crippen molar-refractivity contribution in [1.29, 1.82) is 0 Å². The zero-order chi connectivity index (χ0) is 30.5. The Balaban J connectivity index is 0.00000372. The average molecular weight is 723 g/mol. The summed E-state index contributed by atoms with van der Waals surface area (Å²) in [5.41, 5.74) is 10.1.